The minimum atomic E-state index is 0.828. The van der Waals surface area contributed by atoms with Crippen LogP contribution in [0.15, 0.2) is 0 Å². The van der Waals surface area contributed by atoms with E-state index in [4.69, 9.17) is 9.47 Å². The van der Waals surface area contributed by atoms with Gasteiger partial charge < -0.3 is 9.47 Å². The molecule has 1 fully saturated rings. The number of hydrogen-bond acceptors (Lipinski definition) is 4. The molecule has 0 aromatic heterocycles. The number of piperazine rings is 1. The van der Waals surface area contributed by atoms with Crippen LogP contribution in [0.25, 0.3) is 0 Å². The summed E-state index contributed by atoms with van der Waals surface area (Å²) < 4.78 is 10.7. The van der Waals surface area contributed by atoms with Crippen molar-refractivity contribution < 1.29 is 9.47 Å². The average Bonchev–Trinajstić information content (AvgIpc) is 2.32. The van der Waals surface area contributed by atoms with Crippen LogP contribution in [-0.4, -0.2) is 75.5 Å². The van der Waals surface area contributed by atoms with Crippen LogP contribution in [0, 0.1) is 0 Å². The van der Waals surface area contributed by atoms with Gasteiger partial charge in [0.05, 0.1) is 13.2 Å². The molecule has 1 saturated heterocycles. The third-order valence-corrected chi connectivity index (χ3v) is 2.98. The summed E-state index contributed by atoms with van der Waals surface area (Å²) in [6.45, 7) is 14.3. The van der Waals surface area contributed by atoms with E-state index in [1.165, 1.54) is 26.2 Å². The lowest BCUT2D eigenvalue weighted by molar-refractivity contribution is 0.0619. The Morgan fingerprint density at radius 2 is 1.12 bits per heavy atom. The molecule has 96 valence electrons. The summed E-state index contributed by atoms with van der Waals surface area (Å²) >= 11 is 0. The molecule has 0 N–H and O–H groups in total. The highest BCUT2D eigenvalue weighted by molar-refractivity contribution is 4.71. The zero-order valence-corrected chi connectivity index (χ0v) is 10.8. The lowest BCUT2D eigenvalue weighted by Gasteiger charge is -2.34. The molecule has 16 heavy (non-hydrogen) atoms. The Morgan fingerprint density at radius 3 is 1.44 bits per heavy atom. The van der Waals surface area contributed by atoms with Crippen LogP contribution >= 0.6 is 0 Å². The number of nitrogens with zero attached hydrogens (tertiary/aromatic N) is 2. The minimum Gasteiger partial charge on any atom is -0.380 e. The van der Waals surface area contributed by atoms with Gasteiger partial charge in [0.1, 0.15) is 0 Å². The Bertz CT molecular complexity index is 141. The van der Waals surface area contributed by atoms with Crippen molar-refractivity contribution in [1.29, 1.82) is 0 Å². The second kappa shape index (κ2) is 8.93. The van der Waals surface area contributed by atoms with E-state index < -0.39 is 0 Å². The Labute approximate surface area is 99.5 Å². The third-order valence-electron chi connectivity index (χ3n) is 2.98. The van der Waals surface area contributed by atoms with Gasteiger partial charge in [-0.1, -0.05) is 0 Å². The summed E-state index contributed by atoms with van der Waals surface area (Å²) in [6, 6.07) is 0. The summed E-state index contributed by atoms with van der Waals surface area (Å²) in [5, 5.41) is 0. The zero-order chi connectivity index (χ0) is 11.6. The smallest absolute Gasteiger partial charge is 0.0593 e. The Morgan fingerprint density at radius 1 is 0.750 bits per heavy atom. The topological polar surface area (TPSA) is 24.9 Å². The predicted octanol–water partition coefficient (Wildman–Crippen LogP) is 0.677. The summed E-state index contributed by atoms with van der Waals surface area (Å²) in [5.41, 5.74) is 0. The molecule has 0 radical (unpaired) electrons. The van der Waals surface area contributed by atoms with Gasteiger partial charge >= 0.3 is 0 Å². The highest BCUT2D eigenvalue weighted by atomic mass is 16.5. The van der Waals surface area contributed by atoms with Crippen molar-refractivity contribution in [3.63, 3.8) is 0 Å². The quantitative estimate of drug-likeness (QED) is 0.572. The molecule has 1 heterocycles. The maximum Gasteiger partial charge on any atom is 0.0593 e. The van der Waals surface area contributed by atoms with Crippen molar-refractivity contribution in [3.8, 4) is 0 Å². The van der Waals surface area contributed by atoms with Crippen molar-refractivity contribution >= 4 is 0 Å². The van der Waals surface area contributed by atoms with E-state index in [0.29, 0.717) is 0 Å². The largest absolute Gasteiger partial charge is 0.380 e. The second-order valence-electron chi connectivity index (χ2n) is 4.08. The molecule has 0 bridgehead atoms. The van der Waals surface area contributed by atoms with E-state index in [1.807, 2.05) is 13.8 Å². The summed E-state index contributed by atoms with van der Waals surface area (Å²) in [7, 11) is 0. The van der Waals surface area contributed by atoms with Gasteiger partial charge in [0.2, 0.25) is 0 Å². The molecule has 0 aliphatic carbocycles. The Kier molecular flexibility index (Phi) is 7.76. The fraction of sp³-hybridized carbons (Fsp3) is 1.00. The summed E-state index contributed by atoms with van der Waals surface area (Å²) in [6.07, 6.45) is 0. The highest BCUT2D eigenvalue weighted by Crippen LogP contribution is 2.01. The predicted molar refractivity (Wildman–Crippen MR) is 65.9 cm³/mol. The van der Waals surface area contributed by atoms with E-state index in [1.54, 1.807) is 0 Å². The first-order valence-corrected chi connectivity index (χ1v) is 6.47. The molecule has 4 nitrogen and oxygen atoms in total. The van der Waals surface area contributed by atoms with Crippen LogP contribution in [0.2, 0.25) is 0 Å². The zero-order valence-electron chi connectivity index (χ0n) is 10.8. The number of ether oxygens (including phenoxy) is 2. The van der Waals surface area contributed by atoms with Gasteiger partial charge in [0.25, 0.3) is 0 Å². The summed E-state index contributed by atoms with van der Waals surface area (Å²) in [4.78, 5) is 4.96. The summed E-state index contributed by atoms with van der Waals surface area (Å²) in [5.74, 6) is 0. The normalized spacial score (nSPS) is 19.1. The first-order chi connectivity index (χ1) is 7.86. The molecule has 1 aliphatic rings. The highest BCUT2D eigenvalue weighted by Gasteiger charge is 2.15. The van der Waals surface area contributed by atoms with Gasteiger partial charge in [0, 0.05) is 52.5 Å². The SMILES string of the molecule is CCOCCN1CCN(CCOCC)CC1. The molecule has 0 saturated carbocycles. The molecular weight excluding hydrogens is 204 g/mol. The molecule has 0 aromatic rings. The fourth-order valence-electron chi connectivity index (χ4n) is 1.91. The van der Waals surface area contributed by atoms with Gasteiger partial charge in [-0.25, -0.2) is 0 Å². The molecule has 4 heteroatoms. The second-order valence-corrected chi connectivity index (χ2v) is 4.08. The molecule has 0 unspecified atom stereocenters. The van der Waals surface area contributed by atoms with Crippen LogP contribution < -0.4 is 0 Å². The van der Waals surface area contributed by atoms with E-state index in [2.05, 4.69) is 9.80 Å². The van der Waals surface area contributed by atoms with Crippen LogP contribution in [0.3, 0.4) is 0 Å². The number of hydrogen-bond donors (Lipinski definition) is 0. The Balaban J connectivity index is 2.00. The van der Waals surface area contributed by atoms with Gasteiger partial charge in [-0.2, -0.15) is 0 Å². The molecule has 0 aromatic carbocycles. The maximum atomic E-state index is 5.37. The van der Waals surface area contributed by atoms with E-state index in [-0.39, 0.29) is 0 Å². The fourth-order valence-corrected chi connectivity index (χ4v) is 1.91. The van der Waals surface area contributed by atoms with E-state index in [9.17, 15) is 0 Å². The average molecular weight is 230 g/mol. The first kappa shape index (κ1) is 13.9. The van der Waals surface area contributed by atoms with Crippen LogP contribution in [0.4, 0.5) is 0 Å². The molecular formula is C12H26N2O2. The van der Waals surface area contributed by atoms with E-state index >= 15 is 0 Å². The van der Waals surface area contributed by atoms with Crippen molar-refractivity contribution in [2.24, 2.45) is 0 Å². The van der Waals surface area contributed by atoms with Gasteiger partial charge in [0.15, 0.2) is 0 Å². The minimum absolute atomic E-state index is 0.828. The molecule has 1 rings (SSSR count). The van der Waals surface area contributed by atoms with Crippen molar-refractivity contribution in [1.82, 2.24) is 9.80 Å². The molecule has 0 spiro atoms. The lowest BCUT2D eigenvalue weighted by Crippen LogP contribution is -2.48. The molecule has 1 aliphatic heterocycles. The monoisotopic (exact) mass is 230 g/mol. The first-order valence-electron chi connectivity index (χ1n) is 6.47. The third kappa shape index (κ3) is 5.80. The van der Waals surface area contributed by atoms with Gasteiger partial charge in [-0.05, 0) is 13.8 Å². The van der Waals surface area contributed by atoms with Crippen LogP contribution in [-0.2, 0) is 9.47 Å². The Hall–Kier alpha value is -0.160. The number of rotatable bonds is 8. The van der Waals surface area contributed by atoms with Gasteiger partial charge in [-0.3, -0.25) is 9.80 Å². The standard InChI is InChI=1S/C12H26N2O2/c1-3-15-11-9-13-5-7-14(8-6-13)10-12-16-4-2/h3-12H2,1-2H3. The van der Waals surface area contributed by atoms with Crippen LogP contribution in [0.1, 0.15) is 13.8 Å². The molecule has 0 amide bonds. The van der Waals surface area contributed by atoms with Crippen molar-refractivity contribution in [2.75, 3.05) is 65.7 Å². The van der Waals surface area contributed by atoms with Crippen LogP contribution in [0.5, 0.6) is 0 Å². The molecule has 0 atom stereocenters. The van der Waals surface area contributed by atoms with Crippen molar-refractivity contribution in [3.05, 3.63) is 0 Å². The van der Waals surface area contributed by atoms with Crippen molar-refractivity contribution in [2.45, 2.75) is 13.8 Å². The van der Waals surface area contributed by atoms with Gasteiger partial charge in [-0.15, -0.1) is 0 Å². The maximum absolute atomic E-state index is 5.37. The lowest BCUT2D eigenvalue weighted by atomic mass is 10.3. The van der Waals surface area contributed by atoms with E-state index in [0.717, 1.165) is 39.5 Å².